The van der Waals surface area contributed by atoms with Crippen molar-refractivity contribution in [1.29, 1.82) is 5.26 Å². The van der Waals surface area contributed by atoms with Crippen LogP contribution in [0.15, 0.2) is 36.4 Å². The molecule has 0 heterocycles. The molecule has 6 nitrogen and oxygen atoms in total. The fraction of sp³-hybridized carbons (Fsp3) is 0.118. The van der Waals surface area contributed by atoms with Gasteiger partial charge in [-0.05, 0) is 41.5 Å². The maximum absolute atomic E-state index is 13.4. The van der Waals surface area contributed by atoms with Crippen LogP contribution in [0.4, 0.5) is 10.1 Å². The second kappa shape index (κ2) is 7.24. The van der Waals surface area contributed by atoms with Crippen LogP contribution in [0.25, 0.3) is 11.6 Å². The molecule has 24 heavy (non-hydrogen) atoms. The molecule has 0 fully saturated rings. The Kier molecular flexibility index (Phi) is 5.12. The van der Waals surface area contributed by atoms with E-state index >= 15 is 0 Å². The molecule has 122 valence electrons. The molecule has 2 aromatic carbocycles. The molecule has 0 unspecified atom stereocenters. The minimum absolute atomic E-state index is 0.247. The molecule has 0 radical (unpaired) electrons. The van der Waals surface area contributed by atoms with Crippen LogP contribution in [0, 0.1) is 27.3 Å². The van der Waals surface area contributed by atoms with Crippen LogP contribution in [0.5, 0.6) is 11.5 Å². The molecule has 0 aromatic heterocycles. The Morgan fingerprint density at radius 3 is 2.50 bits per heavy atom. The number of hydrogen-bond acceptors (Lipinski definition) is 5. The zero-order valence-corrected chi connectivity index (χ0v) is 12.9. The molecule has 2 rings (SSSR count). The van der Waals surface area contributed by atoms with Gasteiger partial charge in [-0.2, -0.15) is 9.65 Å². The minimum Gasteiger partial charge on any atom is -0.493 e. The van der Waals surface area contributed by atoms with E-state index in [9.17, 15) is 19.8 Å². The number of halogens is 1. The van der Waals surface area contributed by atoms with Crippen LogP contribution < -0.4 is 9.47 Å². The van der Waals surface area contributed by atoms with Crippen molar-refractivity contribution in [3.8, 4) is 17.6 Å². The van der Waals surface area contributed by atoms with E-state index in [0.29, 0.717) is 22.6 Å². The average molecular weight is 328 g/mol. The van der Waals surface area contributed by atoms with Crippen molar-refractivity contribution in [3.05, 3.63) is 63.5 Å². The van der Waals surface area contributed by atoms with Crippen LogP contribution in [-0.2, 0) is 0 Å². The van der Waals surface area contributed by atoms with Crippen LogP contribution in [0.1, 0.15) is 11.1 Å². The van der Waals surface area contributed by atoms with E-state index in [-0.39, 0.29) is 5.57 Å². The third kappa shape index (κ3) is 3.50. The van der Waals surface area contributed by atoms with E-state index in [0.717, 1.165) is 12.1 Å². The van der Waals surface area contributed by atoms with Crippen molar-refractivity contribution in [1.82, 2.24) is 0 Å². The van der Waals surface area contributed by atoms with Crippen molar-refractivity contribution >= 4 is 17.3 Å². The predicted octanol–water partition coefficient (Wildman–Crippen LogP) is 3.82. The van der Waals surface area contributed by atoms with Gasteiger partial charge in [0.05, 0.1) is 30.8 Å². The normalized spacial score (nSPS) is 10.8. The molecular formula is C17H13FN2O4. The van der Waals surface area contributed by atoms with Crippen molar-refractivity contribution in [3.63, 3.8) is 0 Å². The number of nitro benzene ring substituents is 1. The lowest BCUT2D eigenvalue weighted by atomic mass is 10.0. The van der Waals surface area contributed by atoms with Crippen LogP contribution in [-0.4, -0.2) is 19.1 Å². The van der Waals surface area contributed by atoms with Crippen molar-refractivity contribution in [2.75, 3.05) is 14.2 Å². The van der Waals surface area contributed by atoms with E-state index in [2.05, 4.69) is 0 Å². The SMILES string of the molecule is COc1ccc(C(C#N)=Cc2ccc(F)c([N+](=O)[O-])c2)cc1OC. The summed E-state index contributed by atoms with van der Waals surface area (Å²) >= 11 is 0. The quantitative estimate of drug-likeness (QED) is 0.360. The highest BCUT2D eigenvalue weighted by atomic mass is 19.1. The molecule has 0 bridgehead atoms. The largest absolute Gasteiger partial charge is 0.493 e. The number of hydrogen-bond donors (Lipinski definition) is 0. The molecule has 0 N–H and O–H groups in total. The average Bonchev–Trinajstić information content (AvgIpc) is 2.60. The van der Waals surface area contributed by atoms with Crippen molar-refractivity contribution in [2.45, 2.75) is 0 Å². The predicted molar refractivity (Wildman–Crippen MR) is 86.1 cm³/mol. The molecule has 0 spiro atoms. The number of rotatable bonds is 5. The Labute approximate surface area is 137 Å². The summed E-state index contributed by atoms with van der Waals surface area (Å²) in [7, 11) is 2.97. The summed E-state index contributed by atoms with van der Waals surface area (Å²) in [6.07, 6.45) is 1.44. The number of nitriles is 1. The summed E-state index contributed by atoms with van der Waals surface area (Å²) in [5, 5.41) is 20.2. The Bertz CT molecular complexity index is 856. The van der Waals surface area contributed by atoms with Gasteiger partial charge in [-0.1, -0.05) is 6.07 Å². The van der Waals surface area contributed by atoms with Crippen LogP contribution >= 0.6 is 0 Å². The highest BCUT2D eigenvalue weighted by Gasteiger charge is 2.14. The molecule has 0 aliphatic heterocycles. The molecule has 7 heteroatoms. The number of allylic oxidation sites excluding steroid dienone is 1. The zero-order valence-electron chi connectivity index (χ0n) is 12.9. The fourth-order valence-electron chi connectivity index (χ4n) is 2.11. The summed E-state index contributed by atoms with van der Waals surface area (Å²) in [4.78, 5) is 9.99. The van der Waals surface area contributed by atoms with Crippen molar-refractivity contribution in [2.24, 2.45) is 0 Å². The maximum atomic E-state index is 13.4. The van der Waals surface area contributed by atoms with E-state index in [1.54, 1.807) is 18.2 Å². The lowest BCUT2D eigenvalue weighted by Crippen LogP contribution is -1.93. The Morgan fingerprint density at radius 2 is 1.92 bits per heavy atom. The smallest absolute Gasteiger partial charge is 0.305 e. The van der Waals surface area contributed by atoms with Crippen LogP contribution in [0.2, 0.25) is 0 Å². The summed E-state index contributed by atoms with van der Waals surface area (Å²) in [5.41, 5.74) is 0.488. The number of ether oxygens (including phenoxy) is 2. The summed E-state index contributed by atoms with van der Waals surface area (Å²) in [6.45, 7) is 0. The molecule has 0 amide bonds. The van der Waals surface area contributed by atoms with Gasteiger partial charge >= 0.3 is 5.69 Å². The number of benzene rings is 2. The molecule has 0 saturated carbocycles. The lowest BCUT2D eigenvalue weighted by Gasteiger charge is -2.09. The molecular weight excluding hydrogens is 315 g/mol. The van der Waals surface area contributed by atoms with Gasteiger partial charge in [0.25, 0.3) is 0 Å². The highest BCUT2D eigenvalue weighted by molar-refractivity contribution is 5.90. The van der Waals surface area contributed by atoms with Gasteiger partial charge in [0.1, 0.15) is 0 Å². The number of nitro groups is 1. The zero-order chi connectivity index (χ0) is 17.7. The molecule has 0 aliphatic rings. The van der Waals surface area contributed by atoms with E-state index < -0.39 is 16.4 Å². The third-order valence-corrected chi connectivity index (χ3v) is 3.29. The van der Waals surface area contributed by atoms with E-state index in [1.807, 2.05) is 6.07 Å². The summed E-state index contributed by atoms with van der Waals surface area (Å²) < 4.78 is 23.7. The first-order chi connectivity index (χ1) is 11.5. The first-order valence-electron chi connectivity index (χ1n) is 6.78. The van der Waals surface area contributed by atoms with Gasteiger partial charge < -0.3 is 9.47 Å². The monoisotopic (exact) mass is 328 g/mol. The van der Waals surface area contributed by atoms with Gasteiger partial charge in [-0.25, -0.2) is 0 Å². The second-order valence-corrected chi connectivity index (χ2v) is 4.71. The Morgan fingerprint density at radius 1 is 1.21 bits per heavy atom. The molecule has 0 aliphatic carbocycles. The topological polar surface area (TPSA) is 85.4 Å². The Hall–Kier alpha value is -3.40. The summed E-state index contributed by atoms with van der Waals surface area (Å²) in [5.74, 6) is 0.0268. The second-order valence-electron chi connectivity index (χ2n) is 4.71. The van der Waals surface area contributed by atoms with Gasteiger partial charge in [0.15, 0.2) is 11.5 Å². The van der Waals surface area contributed by atoms with Gasteiger partial charge in [-0.15, -0.1) is 0 Å². The maximum Gasteiger partial charge on any atom is 0.305 e. The lowest BCUT2D eigenvalue weighted by molar-refractivity contribution is -0.387. The van der Waals surface area contributed by atoms with Crippen molar-refractivity contribution < 1.29 is 18.8 Å². The molecule has 2 aromatic rings. The number of nitrogens with zero attached hydrogens (tertiary/aromatic N) is 2. The number of methoxy groups -OCH3 is 2. The fourth-order valence-corrected chi connectivity index (χ4v) is 2.11. The van der Waals surface area contributed by atoms with Gasteiger partial charge in [0.2, 0.25) is 5.82 Å². The Balaban J connectivity index is 2.49. The first-order valence-corrected chi connectivity index (χ1v) is 6.78. The third-order valence-electron chi connectivity index (χ3n) is 3.29. The van der Waals surface area contributed by atoms with E-state index in [4.69, 9.17) is 9.47 Å². The summed E-state index contributed by atoms with van der Waals surface area (Å²) in [6, 6.07) is 10.4. The molecule has 0 saturated heterocycles. The van der Waals surface area contributed by atoms with Gasteiger partial charge in [-0.3, -0.25) is 10.1 Å². The van der Waals surface area contributed by atoms with Crippen LogP contribution in [0.3, 0.4) is 0 Å². The molecule has 0 atom stereocenters. The first kappa shape index (κ1) is 17.0. The standard InChI is InChI=1S/C17H13FN2O4/c1-23-16-6-4-12(9-17(16)24-2)13(10-19)7-11-3-5-14(18)15(8-11)20(21)22/h3-9H,1-2H3. The van der Waals surface area contributed by atoms with Gasteiger partial charge in [0, 0.05) is 6.07 Å². The highest BCUT2D eigenvalue weighted by Crippen LogP contribution is 2.31. The minimum atomic E-state index is -0.929. The van der Waals surface area contributed by atoms with E-state index in [1.165, 1.54) is 26.4 Å².